The average Bonchev–Trinajstić information content (AvgIpc) is 2.45. The fourth-order valence-electron chi connectivity index (χ4n) is 3.22. The SMILES string of the molecule is CN(C(=O)C1C=C2C(=O)CCCC2=NC1=O)C1(C#N)CCC1. The van der Waals surface area contributed by atoms with E-state index in [9.17, 15) is 19.6 Å². The van der Waals surface area contributed by atoms with Gasteiger partial charge in [0.2, 0.25) is 5.91 Å². The molecular weight excluding hydrogens is 282 g/mol. The molecule has 0 spiro atoms. The lowest BCUT2D eigenvalue weighted by atomic mass is 9.76. The second-order valence-electron chi connectivity index (χ2n) is 6.13. The number of hydrogen-bond acceptors (Lipinski definition) is 4. The van der Waals surface area contributed by atoms with Gasteiger partial charge in [-0.3, -0.25) is 14.4 Å². The van der Waals surface area contributed by atoms with E-state index in [1.165, 1.54) is 11.0 Å². The van der Waals surface area contributed by atoms with E-state index in [0.717, 1.165) is 6.42 Å². The number of Topliss-reactive ketones (excluding diaryl/α,β-unsaturated/α-hetero) is 1. The molecule has 2 aliphatic carbocycles. The van der Waals surface area contributed by atoms with E-state index in [-0.39, 0.29) is 5.78 Å². The number of dihydropyridines is 1. The average molecular weight is 299 g/mol. The Morgan fingerprint density at radius 2 is 2.09 bits per heavy atom. The monoisotopic (exact) mass is 299 g/mol. The van der Waals surface area contributed by atoms with Crippen LogP contribution in [0.15, 0.2) is 16.6 Å². The molecule has 0 aromatic heterocycles. The Kier molecular flexibility index (Phi) is 3.44. The van der Waals surface area contributed by atoms with Crippen LogP contribution < -0.4 is 0 Å². The van der Waals surface area contributed by atoms with Gasteiger partial charge < -0.3 is 4.90 Å². The zero-order chi connectivity index (χ0) is 15.9. The first-order chi connectivity index (χ1) is 10.5. The first-order valence-electron chi connectivity index (χ1n) is 7.54. The van der Waals surface area contributed by atoms with Gasteiger partial charge in [0.15, 0.2) is 5.78 Å². The zero-order valence-corrected chi connectivity index (χ0v) is 12.5. The normalized spacial score (nSPS) is 26.1. The van der Waals surface area contributed by atoms with Gasteiger partial charge in [0.1, 0.15) is 11.5 Å². The van der Waals surface area contributed by atoms with Gasteiger partial charge in [-0.25, -0.2) is 4.99 Å². The number of nitriles is 1. The number of carbonyl (C=O) groups excluding carboxylic acids is 3. The largest absolute Gasteiger partial charge is 0.326 e. The summed E-state index contributed by atoms with van der Waals surface area (Å²) in [5.41, 5.74) is 0.111. The van der Waals surface area contributed by atoms with Crippen molar-refractivity contribution in [2.45, 2.75) is 44.1 Å². The molecular formula is C16H17N3O3. The van der Waals surface area contributed by atoms with E-state index in [1.54, 1.807) is 7.05 Å². The van der Waals surface area contributed by atoms with Gasteiger partial charge in [-0.05, 0) is 32.1 Å². The maximum Gasteiger partial charge on any atom is 0.262 e. The number of aliphatic imine (C=N–C) groups is 1. The van der Waals surface area contributed by atoms with Crippen LogP contribution in [0.1, 0.15) is 38.5 Å². The van der Waals surface area contributed by atoms with Crippen LogP contribution in [0.4, 0.5) is 0 Å². The van der Waals surface area contributed by atoms with Gasteiger partial charge >= 0.3 is 0 Å². The second kappa shape index (κ2) is 5.16. The molecule has 114 valence electrons. The summed E-state index contributed by atoms with van der Waals surface area (Å²) in [5.74, 6) is -2.11. The highest BCUT2D eigenvalue weighted by atomic mass is 16.2. The van der Waals surface area contributed by atoms with Crippen molar-refractivity contribution in [1.82, 2.24) is 4.90 Å². The van der Waals surface area contributed by atoms with Crippen molar-refractivity contribution < 1.29 is 14.4 Å². The lowest BCUT2D eigenvalue weighted by Gasteiger charge is -2.43. The van der Waals surface area contributed by atoms with E-state index in [0.29, 0.717) is 43.4 Å². The summed E-state index contributed by atoms with van der Waals surface area (Å²) in [6.07, 6.45) is 5.31. The van der Waals surface area contributed by atoms with Gasteiger partial charge in [0.05, 0.1) is 11.8 Å². The van der Waals surface area contributed by atoms with Crippen LogP contribution in [0.2, 0.25) is 0 Å². The summed E-state index contributed by atoms with van der Waals surface area (Å²) < 4.78 is 0. The molecule has 1 aliphatic heterocycles. The number of ketones is 1. The van der Waals surface area contributed by atoms with Crippen molar-refractivity contribution in [2.24, 2.45) is 10.9 Å². The highest BCUT2D eigenvalue weighted by Crippen LogP contribution is 2.37. The molecule has 0 N–H and O–H groups in total. The first kappa shape index (κ1) is 14.6. The predicted octanol–water partition coefficient (Wildman–Crippen LogP) is 1.17. The third-order valence-corrected chi connectivity index (χ3v) is 4.90. The fourth-order valence-corrected chi connectivity index (χ4v) is 3.22. The van der Waals surface area contributed by atoms with Crippen molar-refractivity contribution in [2.75, 3.05) is 7.05 Å². The van der Waals surface area contributed by atoms with Crippen molar-refractivity contribution in [3.63, 3.8) is 0 Å². The van der Waals surface area contributed by atoms with Gasteiger partial charge in [-0.2, -0.15) is 5.26 Å². The van der Waals surface area contributed by atoms with E-state index >= 15 is 0 Å². The van der Waals surface area contributed by atoms with E-state index < -0.39 is 23.3 Å². The third kappa shape index (κ3) is 2.08. The minimum Gasteiger partial charge on any atom is -0.326 e. The molecule has 0 saturated heterocycles. The number of hydrogen-bond donors (Lipinski definition) is 0. The molecule has 1 heterocycles. The Balaban J connectivity index is 1.87. The first-order valence-corrected chi connectivity index (χ1v) is 7.54. The van der Waals surface area contributed by atoms with Crippen LogP contribution in [0.5, 0.6) is 0 Å². The van der Waals surface area contributed by atoms with Crippen molar-refractivity contribution in [1.29, 1.82) is 5.26 Å². The number of nitrogens with zero attached hydrogens (tertiary/aromatic N) is 3. The predicted molar refractivity (Wildman–Crippen MR) is 77.8 cm³/mol. The summed E-state index contributed by atoms with van der Waals surface area (Å²) >= 11 is 0. The summed E-state index contributed by atoms with van der Waals surface area (Å²) in [6.45, 7) is 0. The molecule has 0 aromatic rings. The number of allylic oxidation sites excluding steroid dienone is 1. The summed E-state index contributed by atoms with van der Waals surface area (Å²) in [7, 11) is 1.55. The highest BCUT2D eigenvalue weighted by Gasteiger charge is 2.46. The Morgan fingerprint density at radius 3 is 2.68 bits per heavy atom. The number of carbonyl (C=O) groups is 3. The lowest BCUT2D eigenvalue weighted by molar-refractivity contribution is -0.143. The molecule has 2 amide bonds. The van der Waals surface area contributed by atoms with Crippen LogP contribution in [0.3, 0.4) is 0 Å². The molecule has 1 unspecified atom stereocenters. The molecule has 6 nitrogen and oxygen atoms in total. The Labute approximate surface area is 128 Å². The Bertz CT molecular complexity index is 665. The smallest absolute Gasteiger partial charge is 0.262 e. The second-order valence-corrected chi connectivity index (χ2v) is 6.13. The molecule has 2 saturated carbocycles. The van der Waals surface area contributed by atoms with Crippen molar-refractivity contribution in [3.8, 4) is 6.07 Å². The minimum atomic E-state index is -1.07. The lowest BCUT2D eigenvalue weighted by Crippen LogP contribution is -2.55. The van der Waals surface area contributed by atoms with Gasteiger partial charge in [-0.15, -0.1) is 0 Å². The molecule has 0 bridgehead atoms. The number of rotatable bonds is 2. The van der Waals surface area contributed by atoms with Crippen LogP contribution in [-0.4, -0.2) is 40.8 Å². The molecule has 0 radical (unpaired) electrons. The molecule has 3 rings (SSSR count). The van der Waals surface area contributed by atoms with Gasteiger partial charge in [0, 0.05) is 19.0 Å². The molecule has 6 heteroatoms. The number of fused-ring (bicyclic) bond motifs is 1. The summed E-state index contributed by atoms with van der Waals surface area (Å²) in [4.78, 5) is 42.0. The minimum absolute atomic E-state index is 0.0587. The Hall–Kier alpha value is -2.29. The summed E-state index contributed by atoms with van der Waals surface area (Å²) in [5, 5.41) is 9.32. The standard InChI is InChI=1S/C16H17N3O3/c1-19(16(9-17)6-3-7-16)15(22)11-8-10-12(18-14(11)21)4-2-5-13(10)20/h8,11H,2-7H2,1H3. The Morgan fingerprint density at radius 1 is 1.36 bits per heavy atom. The third-order valence-electron chi connectivity index (χ3n) is 4.90. The fraction of sp³-hybridized carbons (Fsp3) is 0.562. The van der Waals surface area contributed by atoms with Crippen LogP contribution in [0.25, 0.3) is 0 Å². The van der Waals surface area contributed by atoms with E-state index in [4.69, 9.17) is 0 Å². The van der Waals surface area contributed by atoms with Gasteiger partial charge in [-0.1, -0.05) is 6.08 Å². The van der Waals surface area contributed by atoms with Crippen LogP contribution in [-0.2, 0) is 14.4 Å². The maximum atomic E-state index is 12.6. The van der Waals surface area contributed by atoms with Gasteiger partial charge in [0.25, 0.3) is 5.91 Å². The van der Waals surface area contributed by atoms with E-state index in [2.05, 4.69) is 11.1 Å². The molecule has 22 heavy (non-hydrogen) atoms. The highest BCUT2D eigenvalue weighted by molar-refractivity contribution is 6.28. The van der Waals surface area contributed by atoms with E-state index in [1.807, 2.05) is 0 Å². The van der Waals surface area contributed by atoms with Crippen molar-refractivity contribution >= 4 is 23.3 Å². The summed E-state index contributed by atoms with van der Waals surface area (Å²) in [6, 6.07) is 2.18. The maximum absolute atomic E-state index is 12.6. The van der Waals surface area contributed by atoms with Crippen LogP contribution in [0, 0.1) is 17.2 Å². The topological polar surface area (TPSA) is 90.6 Å². The van der Waals surface area contributed by atoms with Crippen molar-refractivity contribution in [3.05, 3.63) is 11.6 Å². The molecule has 1 atom stereocenters. The number of amides is 2. The molecule has 3 aliphatic rings. The molecule has 2 fully saturated rings. The van der Waals surface area contributed by atoms with Crippen LogP contribution >= 0.6 is 0 Å². The quantitative estimate of drug-likeness (QED) is 0.716. The molecule has 0 aromatic carbocycles. The zero-order valence-electron chi connectivity index (χ0n) is 12.5.